The summed E-state index contributed by atoms with van der Waals surface area (Å²) in [6, 6.07) is 3.17. The number of aliphatic hydroxyl groups excluding tert-OH is 3. The van der Waals surface area contributed by atoms with Gasteiger partial charge in [-0.1, -0.05) is 24.9 Å². The molecule has 11 nitrogen and oxygen atoms in total. The molecule has 2 aromatic heterocycles. The van der Waals surface area contributed by atoms with Gasteiger partial charge in [0.15, 0.2) is 11.3 Å². The van der Waals surface area contributed by atoms with Crippen LogP contribution in [-0.4, -0.2) is 50.4 Å². The molecule has 6 rings (SSSR count). The zero-order chi connectivity index (χ0) is 30.4. The first kappa shape index (κ1) is 28.1. The van der Waals surface area contributed by atoms with E-state index >= 15 is 0 Å². The molecule has 0 unspecified atom stereocenters. The van der Waals surface area contributed by atoms with Gasteiger partial charge in [-0.2, -0.15) is 0 Å². The normalized spacial score (nSPS) is 18.7. The minimum absolute atomic E-state index is 0.00453. The minimum Gasteiger partial charge on any atom is -0.506 e. The summed E-state index contributed by atoms with van der Waals surface area (Å²) in [6.45, 7) is 1.95. The van der Waals surface area contributed by atoms with Crippen molar-refractivity contribution < 1.29 is 39.4 Å². The number of hydrogen-bond acceptors (Lipinski definition) is 10. The highest BCUT2D eigenvalue weighted by Crippen LogP contribution is 2.52. The third kappa shape index (κ3) is 3.51. The summed E-state index contributed by atoms with van der Waals surface area (Å²) in [5.41, 5.74) is -1.48. The number of halogens is 1. The van der Waals surface area contributed by atoms with Crippen molar-refractivity contribution in [1.29, 1.82) is 0 Å². The molecule has 5 N–H and O–H groups in total. The standard InChI is InChI=1S/C30H28ClNO10/c1-5-6-12-21(31)17-18(30(39)32(12)2)23(36)15-10(26(17)40-3)7-8-11-16(15)24(37)20-25(38)19-22(35)13(33)9-14(34)28(19)42-29(20)27(11)41-4/h7-8,13-14,22,33-37H,5-6,9H2,1-4H3/t13-,14-,22-/m0/s1. The molecule has 42 heavy (non-hydrogen) atoms. The molecule has 0 saturated carbocycles. The van der Waals surface area contributed by atoms with Gasteiger partial charge in [-0.05, 0) is 18.6 Å². The van der Waals surface area contributed by atoms with Crippen molar-refractivity contribution in [2.45, 2.75) is 44.5 Å². The SMILES string of the molecule is CCCc1c(Cl)c2c(OC)c3ccc4c(OC)c5oc6c(c(=O)c5c(O)c4c3c(O)c2c(=O)n1C)[C@@H](O)[C@@H](O)C[C@@H]6O. The van der Waals surface area contributed by atoms with Gasteiger partial charge >= 0.3 is 0 Å². The smallest absolute Gasteiger partial charge is 0.262 e. The molecule has 1 aliphatic carbocycles. The Hall–Kier alpha value is -4.03. The van der Waals surface area contributed by atoms with Crippen molar-refractivity contribution in [1.82, 2.24) is 4.57 Å². The predicted octanol–water partition coefficient (Wildman–Crippen LogP) is 3.82. The zero-order valence-corrected chi connectivity index (χ0v) is 23.9. The van der Waals surface area contributed by atoms with E-state index in [0.29, 0.717) is 18.5 Å². The van der Waals surface area contributed by atoms with Crippen molar-refractivity contribution in [3.63, 3.8) is 0 Å². The van der Waals surface area contributed by atoms with Crippen LogP contribution < -0.4 is 20.5 Å². The van der Waals surface area contributed by atoms with Crippen molar-refractivity contribution in [3.8, 4) is 23.0 Å². The topological polar surface area (TPSA) is 172 Å². The number of phenols is 2. The summed E-state index contributed by atoms with van der Waals surface area (Å²) in [4.78, 5) is 27.4. The number of aliphatic hydroxyl groups is 3. The van der Waals surface area contributed by atoms with E-state index in [0.717, 1.165) is 0 Å². The Morgan fingerprint density at radius 1 is 0.952 bits per heavy atom. The molecule has 220 valence electrons. The summed E-state index contributed by atoms with van der Waals surface area (Å²) in [5.74, 6) is -1.21. The molecular weight excluding hydrogens is 570 g/mol. The van der Waals surface area contributed by atoms with Crippen LogP contribution in [0.2, 0.25) is 5.02 Å². The Balaban J connectivity index is 1.90. The fourth-order valence-corrected chi connectivity index (χ4v) is 6.67. The second-order valence-electron chi connectivity index (χ2n) is 10.5. The lowest BCUT2D eigenvalue weighted by atomic mass is 9.88. The molecule has 5 aromatic rings. The highest BCUT2D eigenvalue weighted by atomic mass is 35.5. The lowest BCUT2D eigenvalue weighted by molar-refractivity contribution is -0.0373. The minimum atomic E-state index is -1.68. The number of aromatic nitrogens is 1. The second-order valence-corrected chi connectivity index (χ2v) is 10.9. The molecule has 0 spiro atoms. The fourth-order valence-electron chi connectivity index (χ4n) is 6.27. The molecule has 3 atom stereocenters. The summed E-state index contributed by atoms with van der Waals surface area (Å²) >= 11 is 6.82. The largest absolute Gasteiger partial charge is 0.506 e. The van der Waals surface area contributed by atoms with E-state index in [9.17, 15) is 35.1 Å². The predicted molar refractivity (Wildman–Crippen MR) is 156 cm³/mol. The molecule has 12 heteroatoms. The Morgan fingerprint density at radius 2 is 1.55 bits per heavy atom. The van der Waals surface area contributed by atoms with E-state index in [1.54, 1.807) is 19.2 Å². The second kappa shape index (κ2) is 9.77. The van der Waals surface area contributed by atoms with Crippen LogP contribution in [0.4, 0.5) is 0 Å². The van der Waals surface area contributed by atoms with Crippen molar-refractivity contribution in [3.05, 3.63) is 54.8 Å². The van der Waals surface area contributed by atoms with Gasteiger partial charge in [0.25, 0.3) is 5.56 Å². The van der Waals surface area contributed by atoms with Gasteiger partial charge in [0.2, 0.25) is 5.43 Å². The van der Waals surface area contributed by atoms with E-state index in [2.05, 4.69) is 0 Å². The average Bonchev–Trinajstić information content (AvgIpc) is 2.96. The summed E-state index contributed by atoms with van der Waals surface area (Å²) in [5, 5.41) is 55.2. The van der Waals surface area contributed by atoms with Crippen molar-refractivity contribution in [2.75, 3.05) is 14.2 Å². The fraction of sp³-hybridized carbons (Fsp3) is 0.333. The summed E-state index contributed by atoms with van der Waals surface area (Å²) < 4.78 is 18.6. The zero-order valence-electron chi connectivity index (χ0n) is 23.1. The first-order valence-electron chi connectivity index (χ1n) is 13.3. The van der Waals surface area contributed by atoms with Crippen molar-refractivity contribution >= 4 is 54.9 Å². The molecule has 0 bridgehead atoms. The maximum atomic E-state index is 13.8. The third-order valence-electron chi connectivity index (χ3n) is 8.22. The van der Waals surface area contributed by atoms with Crippen LogP contribution in [-0.2, 0) is 13.5 Å². The molecule has 0 fully saturated rings. The van der Waals surface area contributed by atoms with Crippen LogP contribution in [0.25, 0.3) is 43.3 Å². The number of nitrogens with zero attached hydrogens (tertiary/aromatic N) is 1. The summed E-state index contributed by atoms with van der Waals surface area (Å²) in [7, 11) is 4.26. The third-order valence-corrected chi connectivity index (χ3v) is 8.63. The number of aromatic hydroxyl groups is 2. The van der Waals surface area contributed by atoms with Gasteiger partial charge < -0.3 is 44.0 Å². The molecule has 0 saturated heterocycles. The quantitative estimate of drug-likeness (QED) is 0.151. The Labute approximate surface area is 242 Å². The van der Waals surface area contributed by atoms with Crippen LogP contribution in [0.1, 0.15) is 49.0 Å². The van der Waals surface area contributed by atoms with Crippen LogP contribution in [0.3, 0.4) is 0 Å². The Morgan fingerprint density at radius 3 is 2.14 bits per heavy atom. The monoisotopic (exact) mass is 597 g/mol. The lowest BCUT2D eigenvalue weighted by Crippen LogP contribution is -2.33. The number of phenolic OH excluding ortho intramolecular Hbond substituents is 2. The van der Waals surface area contributed by atoms with Crippen molar-refractivity contribution in [2.24, 2.45) is 7.05 Å². The van der Waals surface area contributed by atoms with Crippen LogP contribution >= 0.6 is 11.6 Å². The lowest BCUT2D eigenvalue weighted by Gasteiger charge is -2.28. The Bertz CT molecular complexity index is 2100. The highest BCUT2D eigenvalue weighted by molar-refractivity contribution is 6.38. The van der Waals surface area contributed by atoms with E-state index < -0.39 is 51.7 Å². The van der Waals surface area contributed by atoms with E-state index in [-0.39, 0.29) is 66.6 Å². The number of pyridine rings is 1. The highest BCUT2D eigenvalue weighted by Gasteiger charge is 2.38. The van der Waals surface area contributed by atoms with E-state index in [1.807, 2.05) is 6.92 Å². The number of methoxy groups -OCH3 is 2. The molecule has 0 aliphatic heterocycles. The van der Waals surface area contributed by atoms with Crippen LogP contribution in [0.15, 0.2) is 26.1 Å². The molecule has 3 aromatic carbocycles. The maximum absolute atomic E-state index is 13.8. The first-order chi connectivity index (χ1) is 20.0. The molecular formula is C30H28ClNO10. The molecule has 2 heterocycles. The summed E-state index contributed by atoms with van der Waals surface area (Å²) in [6.07, 6.45) is -3.59. The van der Waals surface area contributed by atoms with Gasteiger partial charge in [0, 0.05) is 40.7 Å². The number of fused-ring (bicyclic) bond motifs is 6. The Kier molecular flexibility index (Phi) is 6.54. The average molecular weight is 598 g/mol. The number of ether oxygens (including phenoxy) is 2. The van der Waals surface area contributed by atoms with Gasteiger partial charge in [0.05, 0.1) is 41.7 Å². The number of benzene rings is 3. The molecule has 0 amide bonds. The van der Waals surface area contributed by atoms with Gasteiger partial charge in [-0.3, -0.25) is 9.59 Å². The van der Waals surface area contributed by atoms with Gasteiger partial charge in [-0.15, -0.1) is 0 Å². The first-order valence-corrected chi connectivity index (χ1v) is 13.7. The van der Waals surface area contributed by atoms with E-state index in [1.165, 1.54) is 18.8 Å². The van der Waals surface area contributed by atoms with E-state index in [4.69, 9.17) is 25.5 Å². The van der Waals surface area contributed by atoms with Gasteiger partial charge in [-0.25, -0.2) is 0 Å². The number of hydrogen-bond donors (Lipinski definition) is 5. The van der Waals surface area contributed by atoms with Crippen LogP contribution in [0.5, 0.6) is 23.0 Å². The maximum Gasteiger partial charge on any atom is 0.262 e. The van der Waals surface area contributed by atoms with Crippen LogP contribution in [0, 0.1) is 0 Å². The van der Waals surface area contributed by atoms with Gasteiger partial charge in [0.1, 0.15) is 40.6 Å². The molecule has 1 aliphatic rings. The number of rotatable bonds is 4. The molecule has 0 radical (unpaired) electrons.